The van der Waals surface area contributed by atoms with Crippen LogP contribution >= 0.6 is 0 Å². The van der Waals surface area contributed by atoms with Crippen LogP contribution in [0.5, 0.6) is 0 Å². The molecular formula is C12H17N3O. The van der Waals surface area contributed by atoms with Crippen LogP contribution in [0.3, 0.4) is 0 Å². The Kier molecular flexibility index (Phi) is 3.54. The van der Waals surface area contributed by atoms with Gasteiger partial charge in [0.25, 0.3) is 0 Å². The zero-order chi connectivity index (χ0) is 11.4. The van der Waals surface area contributed by atoms with Crippen LogP contribution in [0.15, 0.2) is 24.3 Å². The molecule has 0 aliphatic carbocycles. The normalized spacial score (nSPS) is 11.4. The fourth-order valence-electron chi connectivity index (χ4n) is 1.49. The van der Waals surface area contributed by atoms with Gasteiger partial charge in [-0.25, -0.2) is 4.98 Å². The minimum atomic E-state index is 0.544. The van der Waals surface area contributed by atoms with Gasteiger partial charge in [-0.05, 0) is 26.2 Å². The number of rotatable bonds is 5. The maximum atomic E-state index is 5.52. The van der Waals surface area contributed by atoms with E-state index < -0.39 is 0 Å². The van der Waals surface area contributed by atoms with E-state index in [0.29, 0.717) is 6.61 Å². The Morgan fingerprint density at radius 1 is 1.31 bits per heavy atom. The fraction of sp³-hybridized carbons (Fsp3) is 0.417. The standard InChI is InChI=1S/C12H17N3O/c1-15(2)7-8-16-9-12-13-10-5-3-4-6-11(10)14-12/h3-6H,7-9H2,1-2H3,(H,13,14). The van der Waals surface area contributed by atoms with Crippen LogP contribution in [0.4, 0.5) is 0 Å². The molecule has 4 heteroatoms. The van der Waals surface area contributed by atoms with E-state index in [-0.39, 0.29) is 0 Å². The lowest BCUT2D eigenvalue weighted by molar-refractivity contribution is 0.101. The van der Waals surface area contributed by atoms with Crippen LogP contribution in [-0.2, 0) is 11.3 Å². The van der Waals surface area contributed by atoms with Crippen molar-refractivity contribution in [1.29, 1.82) is 0 Å². The number of hydrogen-bond donors (Lipinski definition) is 1. The molecule has 0 fully saturated rings. The number of hydrogen-bond acceptors (Lipinski definition) is 3. The fourth-order valence-corrected chi connectivity index (χ4v) is 1.49. The van der Waals surface area contributed by atoms with E-state index in [2.05, 4.69) is 14.9 Å². The molecule has 16 heavy (non-hydrogen) atoms. The van der Waals surface area contributed by atoms with Crippen molar-refractivity contribution in [3.05, 3.63) is 30.1 Å². The number of nitrogens with one attached hydrogen (secondary N) is 1. The minimum Gasteiger partial charge on any atom is -0.372 e. The molecule has 1 N–H and O–H groups in total. The summed E-state index contributed by atoms with van der Waals surface area (Å²) in [6, 6.07) is 8.00. The van der Waals surface area contributed by atoms with Crippen molar-refractivity contribution in [2.45, 2.75) is 6.61 Å². The summed E-state index contributed by atoms with van der Waals surface area (Å²) in [6.07, 6.45) is 0. The van der Waals surface area contributed by atoms with Crippen molar-refractivity contribution in [3.63, 3.8) is 0 Å². The van der Waals surface area contributed by atoms with Gasteiger partial charge in [-0.1, -0.05) is 12.1 Å². The van der Waals surface area contributed by atoms with Crippen molar-refractivity contribution in [1.82, 2.24) is 14.9 Å². The third-order valence-electron chi connectivity index (χ3n) is 2.36. The molecule has 0 amide bonds. The van der Waals surface area contributed by atoms with Gasteiger partial charge in [0.1, 0.15) is 12.4 Å². The smallest absolute Gasteiger partial charge is 0.133 e. The topological polar surface area (TPSA) is 41.1 Å². The molecule has 0 radical (unpaired) electrons. The summed E-state index contributed by atoms with van der Waals surface area (Å²) in [5.74, 6) is 0.889. The number of aromatic nitrogens is 2. The first-order valence-electron chi connectivity index (χ1n) is 5.42. The number of nitrogens with zero attached hydrogens (tertiary/aromatic N) is 2. The van der Waals surface area contributed by atoms with Gasteiger partial charge >= 0.3 is 0 Å². The lowest BCUT2D eigenvalue weighted by atomic mass is 10.3. The molecular weight excluding hydrogens is 202 g/mol. The van der Waals surface area contributed by atoms with Gasteiger partial charge in [0.2, 0.25) is 0 Å². The molecule has 0 aliphatic heterocycles. The molecule has 0 atom stereocenters. The first-order chi connectivity index (χ1) is 7.75. The van der Waals surface area contributed by atoms with Gasteiger partial charge in [0, 0.05) is 6.54 Å². The van der Waals surface area contributed by atoms with Crippen molar-refractivity contribution >= 4 is 11.0 Å². The van der Waals surface area contributed by atoms with Gasteiger partial charge in [0.15, 0.2) is 0 Å². The average Bonchev–Trinajstić information content (AvgIpc) is 2.66. The van der Waals surface area contributed by atoms with Gasteiger partial charge in [-0.3, -0.25) is 0 Å². The highest BCUT2D eigenvalue weighted by Gasteiger charge is 2.01. The summed E-state index contributed by atoms with van der Waals surface area (Å²) in [5.41, 5.74) is 2.06. The largest absolute Gasteiger partial charge is 0.372 e. The van der Waals surface area contributed by atoms with Crippen LogP contribution in [0.25, 0.3) is 11.0 Å². The summed E-state index contributed by atoms with van der Waals surface area (Å²) in [4.78, 5) is 9.77. The quantitative estimate of drug-likeness (QED) is 0.777. The SMILES string of the molecule is CN(C)CCOCc1nc2ccccc2[nH]1. The minimum absolute atomic E-state index is 0.544. The summed E-state index contributed by atoms with van der Waals surface area (Å²) in [6.45, 7) is 2.20. The third-order valence-corrected chi connectivity index (χ3v) is 2.36. The Bertz CT molecular complexity index is 417. The Morgan fingerprint density at radius 2 is 2.12 bits per heavy atom. The first kappa shape index (κ1) is 11.1. The van der Waals surface area contributed by atoms with E-state index in [9.17, 15) is 0 Å². The average molecular weight is 219 g/mol. The van der Waals surface area contributed by atoms with Crippen LogP contribution < -0.4 is 0 Å². The Hall–Kier alpha value is -1.39. The monoisotopic (exact) mass is 219 g/mol. The summed E-state index contributed by atoms with van der Waals surface area (Å²) in [7, 11) is 4.06. The van der Waals surface area contributed by atoms with Gasteiger partial charge < -0.3 is 14.6 Å². The summed E-state index contributed by atoms with van der Waals surface area (Å²) in [5, 5.41) is 0. The molecule has 1 aromatic carbocycles. The third kappa shape index (κ3) is 2.81. The number of ether oxygens (including phenoxy) is 1. The van der Waals surface area contributed by atoms with E-state index >= 15 is 0 Å². The van der Waals surface area contributed by atoms with Gasteiger partial charge in [-0.15, -0.1) is 0 Å². The zero-order valence-corrected chi connectivity index (χ0v) is 9.73. The molecule has 1 aromatic heterocycles. The van der Waals surface area contributed by atoms with E-state index in [1.54, 1.807) is 0 Å². The van der Waals surface area contributed by atoms with Crippen molar-refractivity contribution < 1.29 is 4.74 Å². The number of para-hydroxylation sites is 2. The highest BCUT2D eigenvalue weighted by Crippen LogP contribution is 2.10. The molecule has 2 rings (SSSR count). The van der Waals surface area contributed by atoms with Crippen LogP contribution in [0.1, 0.15) is 5.82 Å². The zero-order valence-electron chi connectivity index (χ0n) is 9.73. The maximum absolute atomic E-state index is 5.52. The predicted octanol–water partition coefficient (Wildman–Crippen LogP) is 1.64. The number of benzene rings is 1. The second-order valence-corrected chi connectivity index (χ2v) is 4.06. The number of fused-ring (bicyclic) bond motifs is 1. The van der Waals surface area contributed by atoms with E-state index in [1.165, 1.54) is 0 Å². The molecule has 86 valence electrons. The Morgan fingerprint density at radius 3 is 2.88 bits per heavy atom. The Labute approximate surface area is 95.2 Å². The maximum Gasteiger partial charge on any atom is 0.133 e. The number of likely N-dealkylation sites (N-methyl/N-ethyl adjacent to an activating group) is 1. The van der Waals surface area contributed by atoms with E-state index in [0.717, 1.165) is 30.0 Å². The molecule has 1 heterocycles. The first-order valence-corrected chi connectivity index (χ1v) is 5.42. The molecule has 0 aliphatic rings. The van der Waals surface area contributed by atoms with Crippen LogP contribution in [0.2, 0.25) is 0 Å². The molecule has 0 saturated carbocycles. The predicted molar refractivity (Wildman–Crippen MR) is 64.3 cm³/mol. The number of H-pyrrole nitrogens is 1. The molecule has 0 spiro atoms. The molecule has 0 saturated heterocycles. The highest BCUT2D eigenvalue weighted by molar-refractivity contribution is 5.74. The Balaban J connectivity index is 1.89. The number of aromatic amines is 1. The summed E-state index contributed by atoms with van der Waals surface area (Å²) < 4.78 is 5.52. The van der Waals surface area contributed by atoms with Crippen molar-refractivity contribution in [2.75, 3.05) is 27.2 Å². The second kappa shape index (κ2) is 5.09. The highest BCUT2D eigenvalue weighted by atomic mass is 16.5. The second-order valence-electron chi connectivity index (χ2n) is 4.06. The van der Waals surface area contributed by atoms with Crippen molar-refractivity contribution in [3.8, 4) is 0 Å². The lowest BCUT2D eigenvalue weighted by Crippen LogP contribution is -2.18. The van der Waals surface area contributed by atoms with Crippen LogP contribution in [0, 0.1) is 0 Å². The molecule has 0 unspecified atom stereocenters. The lowest BCUT2D eigenvalue weighted by Gasteiger charge is -2.08. The van der Waals surface area contributed by atoms with Gasteiger partial charge in [-0.2, -0.15) is 0 Å². The molecule has 0 bridgehead atoms. The molecule has 4 nitrogen and oxygen atoms in total. The number of imidazole rings is 1. The summed E-state index contributed by atoms with van der Waals surface area (Å²) >= 11 is 0. The van der Waals surface area contributed by atoms with E-state index in [1.807, 2.05) is 38.4 Å². The van der Waals surface area contributed by atoms with E-state index in [4.69, 9.17) is 4.74 Å². The van der Waals surface area contributed by atoms with Crippen molar-refractivity contribution in [2.24, 2.45) is 0 Å². The molecule has 2 aromatic rings. The van der Waals surface area contributed by atoms with Crippen LogP contribution in [-0.4, -0.2) is 42.1 Å². The van der Waals surface area contributed by atoms with Gasteiger partial charge in [0.05, 0.1) is 17.6 Å².